The summed E-state index contributed by atoms with van der Waals surface area (Å²) in [6.07, 6.45) is -7.83. The molecule has 1 aromatic carbocycles. The molecular formula is C59H71F10N9O8S2. The fourth-order valence-electron chi connectivity index (χ4n) is 13.0. The van der Waals surface area contributed by atoms with Gasteiger partial charge in [-0.05, 0) is 181 Å². The van der Waals surface area contributed by atoms with Crippen molar-refractivity contribution in [2.75, 3.05) is 55.7 Å². The van der Waals surface area contributed by atoms with E-state index in [1.54, 1.807) is 58.3 Å². The number of ether oxygens (including phenoxy) is 4. The summed E-state index contributed by atoms with van der Waals surface area (Å²) in [5, 5.41) is 18.5. The fraction of sp³-hybridized carbons (Fsp3) is 0.678. The van der Waals surface area contributed by atoms with Crippen molar-refractivity contribution in [1.82, 2.24) is 24.6 Å². The molecule has 1 aromatic heterocycles. The van der Waals surface area contributed by atoms with Crippen molar-refractivity contribution in [3.63, 3.8) is 0 Å². The van der Waals surface area contributed by atoms with Crippen LogP contribution in [0.5, 0.6) is 0 Å². The van der Waals surface area contributed by atoms with Crippen LogP contribution in [0.4, 0.5) is 55.3 Å². The molecule has 0 N–H and O–H groups in total. The van der Waals surface area contributed by atoms with E-state index in [4.69, 9.17) is 43.4 Å². The largest absolute Gasteiger partial charge is 0.456 e. The third-order valence-corrected chi connectivity index (χ3v) is 18.2. The number of alkyl halides is 10. The predicted molar refractivity (Wildman–Crippen MR) is 305 cm³/mol. The first-order valence-corrected chi connectivity index (χ1v) is 30.0. The maximum atomic E-state index is 16.1. The van der Waals surface area contributed by atoms with Crippen molar-refractivity contribution in [2.24, 2.45) is 11.8 Å². The van der Waals surface area contributed by atoms with Gasteiger partial charge in [0.2, 0.25) is 0 Å². The summed E-state index contributed by atoms with van der Waals surface area (Å²) in [6.45, 7) is 8.49. The highest BCUT2D eigenvalue weighted by molar-refractivity contribution is 7.80. The molecule has 2 aromatic rings. The molecule has 29 heteroatoms. The van der Waals surface area contributed by atoms with Crippen molar-refractivity contribution in [3.05, 3.63) is 52.8 Å². The van der Waals surface area contributed by atoms with Gasteiger partial charge in [0.15, 0.2) is 15.9 Å². The number of nitriles is 2. The summed E-state index contributed by atoms with van der Waals surface area (Å²) in [5.41, 5.74) is -7.89. The summed E-state index contributed by atoms with van der Waals surface area (Å²) in [4.78, 5) is 65.7. The van der Waals surface area contributed by atoms with Crippen molar-refractivity contribution in [2.45, 2.75) is 197 Å². The number of amides is 2. The Balaban J connectivity index is 0.775. The molecule has 4 saturated heterocycles. The highest BCUT2D eigenvalue weighted by Crippen LogP contribution is 2.44. The number of rotatable bonds is 17. The number of halogens is 10. The predicted octanol–water partition coefficient (Wildman–Crippen LogP) is 10.5. The van der Waals surface area contributed by atoms with Crippen LogP contribution in [0, 0.1) is 34.5 Å². The number of pyridine rings is 1. The minimum absolute atomic E-state index is 0.00344. The molecule has 3 atom stereocenters. The number of carbonyl (C=O) groups excluding carboxylic acids is 4. The summed E-state index contributed by atoms with van der Waals surface area (Å²) in [6, 6.07) is 6.00. The number of aromatic nitrogens is 1. The molecule has 4 aliphatic heterocycles. The monoisotopic (exact) mass is 1290 g/mol. The summed E-state index contributed by atoms with van der Waals surface area (Å²) < 4.78 is 170. The lowest BCUT2D eigenvalue weighted by molar-refractivity contribution is -0.204. The summed E-state index contributed by atoms with van der Waals surface area (Å²) >= 11 is 11.4. The number of esters is 2. The topological polar surface area (TPSA) is 185 Å². The highest BCUT2D eigenvalue weighted by atomic mass is 32.1. The number of likely N-dealkylation sites (tertiary alicyclic amines) is 2. The first kappa shape index (κ1) is 68.1. The summed E-state index contributed by atoms with van der Waals surface area (Å²) in [7, 11) is 0. The van der Waals surface area contributed by atoms with Gasteiger partial charge in [0, 0.05) is 43.7 Å². The van der Waals surface area contributed by atoms with Gasteiger partial charge in [-0.25, -0.2) is 27.3 Å². The molecule has 88 heavy (non-hydrogen) atoms. The molecule has 8 rings (SSSR count). The second-order valence-corrected chi connectivity index (χ2v) is 26.2. The van der Waals surface area contributed by atoms with Gasteiger partial charge >= 0.3 is 24.3 Å². The maximum absolute atomic E-state index is 16.1. The van der Waals surface area contributed by atoms with Gasteiger partial charge in [-0.15, -0.1) is 0 Å². The van der Waals surface area contributed by atoms with Gasteiger partial charge in [-0.2, -0.15) is 36.9 Å². The van der Waals surface area contributed by atoms with Crippen LogP contribution in [0.3, 0.4) is 0 Å². The lowest BCUT2D eigenvalue weighted by Gasteiger charge is -2.42. The highest BCUT2D eigenvalue weighted by Gasteiger charge is 2.56. The van der Waals surface area contributed by atoms with Crippen LogP contribution in [-0.4, -0.2) is 164 Å². The number of hydrogen-bond acceptors (Lipinski definition) is 15. The fourth-order valence-corrected chi connectivity index (χ4v) is 14.1. The normalized spacial score (nSPS) is 26.4. The third kappa shape index (κ3) is 14.6. The Labute approximate surface area is 514 Å². The Hall–Kier alpha value is -5.85. The van der Waals surface area contributed by atoms with E-state index in [0.29, 0.717) is 57.4 Å². The minimum atomic E-state index is -4.92. The van der Waals surface area contributed by atoms with E-state index in [1.807, 2.05) is 0 Å². The molecule has 2 aliphatic carbocycles. The van der Waals surface area contributed by atoms with Crippen LogP contribution in [-0.2, 0) is 50.5 Å². The van der Waals surface area contributed by atoms with E-state index < -0.39 is 125 Å². The Morgan fingerprint density at radius 1 is 0.682 bits per heavy atom. The van der Waals surface area contributed by atoms with Crippen LogP contribution in [0.15, 0.2) is 30.5 Å². The number of thiocarbonyl (C=S) groups is 2. The van der Waals surface area contributed by atoms with Gasteiger partial charge < -0.3 is 28.7 Å². The number of nitrogens with zero attached hydrogens (tertiary/aromatic N) is 9. The Morgan fingerprint density at radius 2 is 1.16 bits per heavy atom. The standard InChI is InChI=1S/C59H71F10N9O8S2/c1-53(2,3)86-48(80)47(74-23-19-36(57(62,63)33-74)21-25-84-42-16-12-38(13-17-42)78-52(88)76(50(82)55(78,6)7)40-27-44(59(67,68)69)45(29-71)72-30-40)85-46(79)31-73-22-18-35(56(60,61)32-73)20-24-83-41-14-10-37(11-15-41)77-51(87)75(49(81)54(77,4)5)39-9-8-34(28-70)43(26-39)58(64,65)66/h8-9,26-27,30,35-38,41-42,47H,10-25,31-33H2,1-7H3/t35-,36-,37?,38?,41?,42?,47-/m1/s1. The molecule has 0 bridgehead atoms. The zero-order valence-electron chi connectivity index (χ0n) is 49.8. The number of anilines is 2. The Bertz CT molecular complexity index is 3080. The number of carbonyl (C=O) groups is 4. The van der Waals surface area contributed by atoms with Gasteiger partial charge in [0.1, 0.15) is 22.7 Å². The zero-order valence-corrected chi connectivity index (χ0v) is 51.4. The average molecular weight is 1290 g/mol. The van der Waals surface area contributed by atoms with Crippen LogP contribution in [0.2, 0.25) is 0 Å². The second kappa shape index (κ2) is 25.8. The lowest BCUT2D eigenvalue weighted by Crippen LogP contribution is -2.57. The maximum Gasteiger partial charge on any atom is 0.419 e. The lowest BCUT2D eigenvalue weighted by atomic mass is 9.88. The van der Waals surface area contributed by atoms with Crippen molar-refractivity contribution in [1.29, 1.82) is 10.5 Å². The van der Waals surface area contributed by atoms with Crippen LogP contribution in [0.25, 0.3) is 0 Å². The number of piperidine rings is 2. The van der Waals surface area contributed by atoms with Crippen molar-refractivity contribution in [3.8, 4) is 12.1 Å². The third-order valence-electron chi connectivity index (χ3n) is 17.5. The van der Waals surface area contributed by atoms with Crippen LogP contribution >= 0.6 is 24.4 Å². The minimum Gasteiger partial charge on any atom is -0.456 e. The molecular weight excluding hydrogens is 1220 g/mol. The van der Waals surface area contributed by atoms with E-state index in [0.717, 1.165) is 33.0 Å². The molecule has 6 fully saturated rings. The molecule has 2 saturated carbocycles. The summed E-state index contributed by atoms with van der Waals surface area (Å²) in [5.74, 6) is -12.3. The van der Waals surface area contributed by atoms with Gasteiger partial charge in [0.05, 0.1) is 72.2 Å². The van der Waals surface area contributed by atoms with Gasteiger partial charge in [-0.3, -0.25) is 34.0 Å². The smallest absolute Gasteiger partial charge is 0.419 e. The molecule has 0 radical (unpaired) electrons. The second-order valence-electron chi connectivity index (χ2n) is 25.5. The quantitative estimate of drug-likeness (QED) is 0.0827. The van der Waals surface area contributed by atoms with Crippen molar-refractivity contribution >= 4 is 69.8 Å². The zero-order chi connectivity index (χ0) is 64.9. The molecule has 6 aliphatic rings. The molecule has 482 valence electrons. The Morgan fingerprint density at radius 3 is 1.61 bits per heavy atom. The molecule has 0 spiro atoms. The molecule has 0 unspecified atom stereocenters. The average Bonchev–Trinajstić information content (AvgIpc) is 1.71. The molecule has 17 nitrogen and oxygen atoms in total. The van der Waals surface area contributed by atoms with Crippen LogP contribution < -0.4 is 9.80 Å². The van der Waals surface area contributed by atoms with Gasteiger partial charge in [-0.1, -0.05) is 0 Å². The van der Waals surface area contributed by atoms with Crippen LogP contribution in [0.1, 0.15) is 148 Å². The molecule has 5 heterocycles. The van der Waals surface area contributed by atoms with E-state index in [9.17, 15) is 56.0 Å². The molecule has 2 amide bonds. The van der Waals surface area contributed by atoms with Gasteiger partial charge in [0.25, 0.3) is 29.9 Å². The number of hydrogen-bond donors (Lipinski definition) is 0. The van der Waals surface area contributed by atoms with E-state index in [2.05, 4.69) is 4.98 Å². The van der Waals surface area contributed by atoms with E-state index in [1.165, 1.54) is 23.1 Å². The van der Waals surface area contributed by atoms with E-state index in [-0.39, 0.29) is 97.9 Å². The van der Waals surface area contributed by atoms with Crippen molar-refractivity contribution < 1.29 is 82.0 Å². The first-order valence-electron chi connectivity index (χ1n) is 29.2. The first-order chi connectivity index (χ1) is 40.9. The Kier molecular flexibility index (Phi) is 20.0. The van der Waals surface area contributed by atoms with E-state index >= 15 is 17.6 Å². The SMILES string of the molecule is CC(C)(C)OC(=O)[C@@H](OC(=O)CN1CC[C@H](CCOC2CCC(N3C(=S)N(c4ccc(C#N)c(C(F)(F)F)c4)C(=O)C3(C)C)CC2)C(F)(F)C1)N1CC[C@H](CCOC2CCC(N3C(=S)N(c4cnc(C#N)c(C(F)(F)F)c4)C(=O)C3(C)C)CC2)C(F)(F)C1. The number of benzene rings is 1.